The van der Waals surface area contributed by atoms with Crippen molar-refractivity contribution >= 4 is 23.4 Å². The average molecular weight is 268 g/mol. The van der Waals surface area contributed by atoms with E-state index in [-0.39, 0.29) is 5.91 Å². The maximum Gasteiger partial charge on any atom is 0.273 e. The molecule has 1 amide bonds. The van der Waals surface area contributed by atoms with Gasteiger partial charge in [-0.3, -0.25) is 9.89 Å². The number of hydrogen-bond acceptors (Lipinski definition) is 4. The molecule has 0 aliphatic heterocycles. The SMILES string of the molecule is C=CCSCCNC(=O)c1n[nH]c(CCC)c1N. The van der Waals surface area contributed by atoms with Crippen LogP contribution >= 0.6 is 11.8 Å². The fourth-order valence-electron chi connectivity index (χ4n) is 1.49. The second kappa shape index (κ2) is 7.81. The fraction of sp³-hybridized carbons (Fsp3) is 0.500. The first-order chi connectivity index (χ1) is 8.70. The molecule has 1 aromatic rings. The van der Waals surface area contributed by atoms with Crippen molar-refractivity contribution in [3.05, 3.63) is 24.0 Å². The van der Waals surface area contributed by atoms with Gasteiger partial charge in [0.05, 0.1) is 11.4 Å². The van der Waals surface area contributed by atoms with Crippen molar-refractivity contribution in [2.75, 3.05) is 23.8 Å². The third-order valence-electron chi connectivity index (χ3n) is 2.37. The van der Waals surface area contributed by atoms with Crippen molar-refractivity contribution in [3.63, 3.8) is 0 Å². The number of carbonyl (C=O) groups is 1. The lowest BCUT2D eigenvalue weighted by atomic mass is 10.2. The van der Waals surface area contributed by atoms with Crippen LogP contribution in [0.4, 0.5) is 5.69 Å². The Labute approximate surface area is 112 Å². The van der Waals surface area contributed by atoms with Gasteiger partial charge in [0.1, 0.15) is 0 Å². The minimum absolute atomic E-state index is 0.217. The van der Waals surface area contributed by atoms with E-state index in [0.29, 0.717) is 17.9 Å². The number of anilines is 1. The van der Waals surface area contributed by atoms with E-state index in [1.807, 2.05) is 6.08 Å². The minimum Gasteiger partial charge on any atom is -0.395 e. The molecule has 1 aromatic heterocycles. The molecular weight excluding hydrogens is 248 g/mol. The van der Waals surface area contributed by atoms with Crippen LogP contribution in [-0.4, -0.2) is 34.2 Å². The number of carbonyl (C=O) groups excluding carboxylic acids is 1. The molecule has 100 valence electrons. The predicted octanol–water partition coefficient (Wildman–Crippen LogP) is 1.59. The van der Waals surface area contributed by atoms with E-state index in [0.717, 1.165) is 30.0 Å². The van der Waals surface area contributed by atoms with E-state index in [9.17, 15) is 4.79 Å². The number of nitrogens with zero attached hydrogens (tertiary/aromatic N) is 1. The van der Waals surface area contributed by atoms with Gasteiger partial charge in [-0.15, -0.1) is 6.58 Å². The summed E-state index contributed by atoms with van der Waals surface area (Å²) in [6, 6.07) is 0. The van der Waals surface area contributed by atoms with Crippen molar-refractivity contribution in [2.45, 2.75) is 19.8 Å². The number of nitrogens with two attached hydrogens (primary N) is 1. The summed E-state index contributed by atoms with van der Waals surface area (Å²) < 4.78 is 0. The Balaban J connectivity index is 2.44. The van der Waals surface area contributed by atoms with Crippen LogP contribution in [0, 0.1) is 0 Å². The zero-order chi connectivity index (χ0) is 13.4. The maximum atomic E-state index is 11.8. The third kappa shape index (κ3) is 4.10. The highest BCUT2D eigenvalue weighted by Crippen LogP contribution is 2.15. The molecule has 1 rings (SSSR count). The smallest absolute Gasteiger partial charge is 0.273 e. The highest BCUT2D eigenvalue weighted by Gasteiger charge is 2.15. The maximum absolute atomic E-state index is 11.8. The van der Waals surface area contributed by atoms with E-state index in [1.54, 1.807) is 11.8 Å². The second-order valence-electron chi connectivity index (χ2n) is 3.83. The Bertz CT molecular complexity index is 403. The number of aromatic amines is 1. The molecule has 0 unspecified atom stereocenters. The van der Waals surface area contributed by atoms with Gasteiger partial charge in [-0.05, 0) is 6.42 Å². The summed E-state index contributed by atoms with van der Waals surface area (Å²) in [7, 11) is 0. The molecule has 5 nitrogen and oxygen atoms in total. The van der Waals surface area contributed by atoms with Crippen molar-refractivity contribution in [3.8, 4) is 0 Å². The number of thioether (sulfide) groups is 1. The van der Waals surface area contributed by atoms with Crippen molar-refractivity contribution in [1.82, 2.24) is 15.5 Å². The fourth-order valence-corrected chi connectivity index (χ4v) is 2.07. The van der Waals surface area contributed by atoms with E-state index in [1.165, 1.54) is 0 Å². The largest absolute Gasteiger partial charge is 0.395 e. The molecule has 1 heterocycles. The lowest BCUT2D eigenvalue weighted by molar-refractivity contribution is 0.0952. The molecule has 0 fully saturated rings. The van der Waals surface area contributed by atoms with Gasteiger partial charge in [-0.25, -0.2) is 0 Å². The third-order valence-corrected chi connectivity index (χ3v) is 3.33. The van der Waals surface area contributed by atoms with Crippen LogP contribution in [-0.2, 0) is 6.42 Å². The molecule has 0 bridgehead atoms. The number of aromatic nitrogens is 2. The number of rotatable bonds is 8. The summed E-state index contributed by atoms with van der Waals surface area (Å²) in [5.41, 5.74) is 7.47. The Kier molecular flexibility index (Phi) is 6.35. The lowest BCUT2D eigenvalue weighted by Crippen LogP contribution is -2.26. The van der Waals surface area contributed by atoms with Crippen LogP contribution in [0.5, 0.6) is 0 Å². The zero-order valence-electron chi connectivity index (χ0n) is 10.7. The minimum atomic E-state index is -0.217. The van der Waals surface area contributed by atoms with E-state index >= 15 is 0 Å². The van der Waals surface area contributed by atoms with Crippen molar-refractivity contribution in [1.29, 1.82) is 0 Å². The Morgan fingerprint density at radius 2 is 2.44 bits per heavy atom. The molecule has 0 saturated heterocycles. The van der Waals surface area contributed by atoms with Crippen molar-refractivity contribution in [2.24, 2.45) is 0 Å². The average Bonchev–Trinajstić information content (AvgIpc) is 2.71. The topological polar surface area (TPSA) is 83.8 Å². The van der Waals surface area contributed by atoms with Gasteiger partial charge in [0.2, 0.25) is 0 Å². The molecular formula is C12H20N4OS. The van der Waals surface area contributed by atoms with Gasteiger partial charge in [0.25, 0.3) is 5.91 Å². The monoisotopic (exact) mass is 268 g/mol. The van der Waals surface area contributed by atoms with Gasteiger partial charge < -0.3 is 11.1 Å². The molecule has 0 saturated carbocycles. The van der Waals surface area contributed by atoms with Crippen LogP contribution in [0.25, 0.3) is 0 Å². The number of aryl methyl sites for hydroxylation is 1. The summed E-state index contributed by atoms with van der Waals surface area (Å²) in [5.74, 6) is 1.52. The number of amides is 1. The molecule has 6 heteroatoms. The van der Waals surface area contributed by atoms with E-state index < -0.39 is 0 Å². The highest BCUT2D eigenvalue weighted by atomic mass is 32.2. The number of hydrogen-bond donors (Lipinski definition) is 3. The Hall–Kier alpha value is -1.43. The number of H-pyrrole nitrogens is 1. The van der Waals surface area contributed by atoms with Crippen molar-refractivity contribution < 1.29 is 4.79 Å². The highest BCUT2D eigenvalue weighted by molar-refractivity contribution is 7.99. The summed E-state index contributed by atoms with van der Waals surface area (Å²) in [6.45, 7) is 6.29. The van der Waals surface area contributed by atoms with Gasteiger partial charge in [-0.1, -0.05) is 19.4 Å². The van der Waals surface area contributed by atoms with Gasteiger partial charge >= 0.3 is 0 Å². The lowest BCUT2D eigenvalue weighted by Gasteiger charge is -2.03. The molecule has 0 radical (unpaired) electrons. The normalized spacial score (nSPS) is 10.3. The molecule has 0 aromatic carbocycles. The molecule has 0 spiro atoms. The zero-order valence-corrected chi connectivity index (χ0v) is 11.5. The van der Waals surface area contributed by atoms with Gasteiger partial charge in [0, 0.05) is 18.1 Å². The quantitative estimate of drug-likeness (QED) is 0.494. The molecule has 0 aliphatic rings. The summed E-state index contributed by atoms with van der Waals surface area (Å²) in [6.07, 6.45) is 3.61. The van der Waals surface area contributed by atoms with Gasteiger partial charge in [-0.2, -0.15) is 16.9 Å². The van der Waals surface area contributed by atoms with E-state index in [2.05, 4.69) is 29.0 Å². The standard InChI is InChI=1S/C12H20N4OS/c1-3-5-9-10(13)11(16-15-9)12(17)14-6-8-18-7-4-2/h4H,2-3,5-8,13H2,1H3,(H,14,17)(H,15,16). The van der Waals surface area contributed by atoms with Crippen LogP contribution in [0.15, 0.2) is 12.7 Å². The molecule has 18 heavy (non-hydrogen) atoms. The molecule has 4 N–H and O–H groups in total. The van der Waals surface area contributed by atoms with Gasteiger partial charge in [0.15, 0.2) is 5.69 Å². The molecule has 0 atom stereocenters. The summed E-state index contributed by atoms with van der Waals surface area (Å²) in [4.78, 5) is 11.8. The second-order valence-corrected chi connectivity index (χ2v) is 4.98. The number of nitrogen functional groups attached to an aromatic ring is 1. The predicted molar refractivity (Wildman–Crippen MR) is 76.9 cm³/mol. The van der Waals surface area contributed by atoms with Crippen LogP contribution in [0.1, 0.15) is 29.5 Å². The summed E-state index contributed by atoms with van der Waals surface area (Å²) in [5, 5.41) is 9.57. The van der Waals surface area contributed by atoms with Crippen LogP contribution in [0.3, 0.4) is 0 Å². The van der Waals surface area contributed by atoms with Crippen LogP contribution in [0.2, 0.25) is 0 Å². The molecule has 0 aliphatic carbocycles. The first kappa shape index (κ1) is 14.6. The number of nitrogens with one attached hydrogen (secondary N) is 2. The Morgan fingerprint density at radius 1 is 1.67 bits per heavy atom. The first-order valence-electron chi connectivity index (χ1n) is 6.00. The first-order valence-corrected chi connectivity index (χ1v) is 7.15. The van der Waals surface area contributed by atoms with Crippen LogP contribution < -0.4 is 11.1 Å². The summed E-state index contributed by atoms with van der Waals surface area (Å²) >= 11 is 1.72. The Morgan fingerprint density at radius 3 is 3.11 bits per heavy atom. The van der Waals surface area contributed by atoms with E-state index in [4.69, 9.17) is 5.73 Å².